The normalized spacial score (nSPS) is 46.5. The first-order valence-corrected chi connectivity index (χ1v) is 6.90. The number of rotatable bonds is 4. The molecule has 2 aliphatic heterocycles. The summed E-state index contributed by atoms with van der Waals surface area (Å²) in [5.74, 6) is 2.21. The third-order valence-corrected chi connectivity index (χ3v) is 5.06. The third-order valence-electron chi connectivity index (χ3n) is 5.06. The van der Waals surface area contributed by atoms with Crippen LogP contribution < -0.4 is 5.48 Å². The van der Waals surface area contributed by atoms with Crippen LogP contribution in [0.15, 0.2) is 0 Å². The van der Waals surface area contributed by atoms with E-state index in [9.17, 15) is 4.79 Å². The predicted octanol–water partition coefficient (Wildman–Crippen LogP) is 1.26. The minimum Gasteiger partial charge on any atom is -0.374 e. The monoisotopic (exact) mass is 237 g/mol. The van der Waals surface area contributed by atoms with Crippen molar-refractivity contribution in [2.45, 2.75) is 44.3 Å². The first kappa shape index (κ1) is 10.3. The van der Waals surface area contributed by atoms with E-state index in [1.54, 1.807) is 0 Å². The van der Waals surface area contributed by atoms with Gasteiger partial charge in [0.1, 0.15) is 0 Å². The van der Waals surface area contributed by atoms with Gasteiger partial charge in [0, 0.05) is 0 Å². The molecule has 94 valence electrons. The molecule has 2 aliphatic carbocycles. The second-order valence-electron chi connectivity index (χ2n) is 6.12. The van der Waals surface area contributed by atoms with Gasteiger partial charge in [-0.3, -0.25) is 9.63 Å². The molecule has 4 rings (SSSR count). The van der Waals surface area contributed by atoms with E-state index in [1.165, 1.54) is 25.7 Å². The molecule has 4 nitrogen and oxygen atoms in total. The number of nitrogens with one attached hydrogen (secondary N) is 1. The molecule has 0 aromatic rings. The quantitative estimate of drug-likeness (QED) is 0.749. The average molecular weight is 237 g/mol. The lowest BCUT2D eigenvalue weighted by Gasteiger charge is -2.25. The Morgan fingerprint density at radius 2 is 2.18 bits per heavy atom. The average Bonchev–Trinajstić information content (AvgIpc) is 2.87. The molecule has 0 aromatic heterocycles. The second kappa shape index (κ2) is 3.69. The Morgan fingerprint density at radius 1 is 1.29 bits per heavy atom. The number of amides is 1. The highest BCUT2D eigenvalue weighted by molar-refractivity contribution is 5.79. The second-order valence-corrected chi connectivity index (χ2v) is 6.12. The van der Waals surface area contributed by atoms with Crippen molar-refractivity contribution in [3.8, 4) is 0 Å². The van der Waals surface area contributed by atoms with Gasteiger partial charge in [-0.05, 0) is 43.4 Å². The fourth-order valence-corrected chi connectivity index (χ4v) is 3.67. The van der Waals surface area contributed by atoms with Crippen molar-refractivity contribution in [2.24, 2.45) is 23.7 Å². The molecule has 4 aliphatic rings. The largest absolute Gasteiger partial charge is 0.374 e. The van der Waals surface area contributed by atoms with Gasteiger partial charge in [0.25, 0.3) is 0 Å². The number of hydrogen-bond donors (Lipinski definition) is 1. The zero-order valence-corrected chi connectivity index (χ0v) is 9.93. The van der Waals surface area contributed by atoms with Crippen molar-refractivity contribution in [1.82, 2.24) is 5.48 Å². The summed E-state index contributed by atoms with van der Waals surface area (Å²) in [4.78, 5) is 17.3. The highest BCUT2D eigenvalue weighted by Crippen LogP contribution is 2.60. The summed E-state index contributed by atoms with van der Waals surface area (Å²) in [5.41, 5.74) is 2.63. The summed E-state index contributed by atoms with van der Waals surface area (Å²) in [6.07, 6.45) is 6.55. The van der Waals surface area contributed by atoms with Crippen molar-refractivity contribution >= 4 is 5.91 Å². The van der Waals surface area contributed by atoms with Crippen molar-refractivity contribution in [1.29, 1.82) is 0 Å². The van der Waals surface area contributed by atoms with E-state index >= 15 is 0 Å². The Morgan fingerprint density at radius 3 is 2.82 bits per heavy atom. The van der Waals surface area contributed by atoms with E-state index in [4.69, 9.17) is 9.57 Å². The molecule has 2 heterocycles. The molecular weight excluding hydrogens is 218 g/mol. The highest BCUT2D eigenvalue weighted by atomic mass is 16.7. The maximum Gasteiger partial charge on any atom is 0.249 e. The van der Waals surface area contributed by atoms with Crippen LogP contribution in [-0.2, 0) is 14.4 Å². The number of fused-ring (bicyclic) bond motifs is 5. The van der Waals surface area contributed by atoms with Crippen LogP contribution in [0, 0.1) is 23.7 Å². The number of hydroxylamine groups is 1. The summed E-state index contributed by atoms with van der Waals surface area (Å²) in [6, 6.07) is 0. The van der Waals surface area contributed by atoms with Gasteiger partial charge in [-0.1, -0.05) is 6.42 Å². The highest BCUT2D eigenvalue weighted by Gasteiger charge is 2.64. The van der Waals surface area contributed by atoms with Crippen LogP contribution in [0.5, 0.6) is 0 Å². The molecule has 2 bridgehead atoms. The smallest absolute Gasteiger partial charge is 0.249 e. The topological polar surface area (TPSA) is 47.6 Å². The van der Waals surface area contributed by atoms with Crippen LogP contribution >= 0.6 is 0 Å². The van der Waals surface area contributed by atoms with Crippen molar-refractivity contribution in [3.63, 3.8) is 0 Å². The fourth-order valence-electron chi connectivity index (χ4n) is 3.67. The van der Waals surface area contributed by atoms with E-state index in [2.05, 4.69) is 5.48 Å². The molecule has 0 unspecified atom stereocenters. The number of hydrogen-bond acceptors (Lipinski definition) is 3. The SMILES string of the molecule is O=C(NOCC1CCC1)[C@@H]1C[C@@H]2O[C@H]1[C@H]1C[C@H]12. The Balaban J connectivity index is 1.26. The van der Waals surface area contributed by atoms with Crippen LogP contribution in [0.4, 0.5) is 0 Å². The molecule has 1 N–H and O–H groups in total. The van der Waals surface area contributed by atoms with Crippen molar-refractivity contribution < 1.29 is 14.4 Å². The van der Waals surface area contributed by atoms with Gasteiger partial charge in [-0.25, -0.2) is 5.48 Å². The maximum absolute atomic E-state index is 12.0. The first-order valence-electron chi connectivity index (χ1n) is 6.90. The fraction of sp³-hybridized carbons (Fsp3) is 0.923. The first-order chi connectivity index (χ1) is 8.33. The van der Waals surface area contributed by atoms with E-state index in [1.807, 2.05) is 0 Å². The van der Waals surface area contributed by atoms with Crippen LogP contribution in [0.25, 0.3) is 0 Å². The van der Waals surface area contributed by atoms with Gasteiger partial charge in [0.05, 0.1) is 24.7 Å². The Bertz CT molecular complexity index is 342. The Hall–Kier alpha value is -0.610. The van der Waals surface area contributed by atoms with Gasteiger partial charge >= 0.3 is 0 Å². The van der Waals surface area contributed by atoms with E-state index in [-0.39, 0.29) is 17.9 Å². The zero-order valence-electron chi connectivity index (χ0n) is 9.93. The van der Waals surface area contributed by atoms with E-state index in [0.29, 0.717) is 24.5 Å². The van der Waals surface area contributed by atoms with Crippen molar-refractivity contribution in [2.75, 3.05) is 6.61 Å². The summed E-state index contributed by atoms with van der Waals surface area (Å²) in [5, 5.41) is 0. The maximum atomic E-state index is 12.0. The summed E-state index contributed by atoms with van der Waals surface area (Å²) < 4.78 is 5.81. The molecule has 0 radical (unpaired) electrons. The number of carbonyl (C=O) groups excluding carboxylic acids is 1. The van der Waals surface area contributed by atoms with Crippen LogP contribution in [0.2, 0.25) is 0 Å². The Kier molecular flexibility index (Phi) is 2.24. The van der Waals surface area contributed by atoms with Crippen LogP contribution in [-0.4, -0.2) is 24.7 Å². The molecular formula is C13H19NO3. The zero-order chi connectivity index (χ0) is 11.4. The van der Waals surface area contributed by atoms with Gasteiger partial charge < -0.3 is 4.74 Å². The minimum absolute atomic E-state index is 0.0437. The molecule has 5 atom stereocenters. The van der Waals surface area contributed by atoms with Crippen LogP contribution in [0.1, 0.15) is 32.1 Å². The molecule has 4 heteroatoms. The predicted molar refractivity (Wildman–Crippen MR) is 59.8 cm³/mol. The lowest BCUT2D eigenvalue weighted by atomic mass is 9.86. The van der Waals surface area contributed by atoms with Crippen LogP contribution in [0.3, 0.4) is 0 Å². The molecule has 0 spiro atoms. The molecule has 2 saturated carbocycles. The van der Waals surface area contributed by atoms with Crippen molar-refractivity contribution in [3.05, 3.63) is 0 Å². The summed E-state index contributed by atoms with van der Waals surface area (Å²) in [6.45, 7) is 0.680. The summed E-state index contributed by atoms with van der Waals surface area (Å²) >= 11 is 0. The van der Waals surface area contributed by atoms with E-state index in [0.717, 1.165) is 12.3 Å². The molecule has 1 amide bonds. The Labute approximate surface area is 101 Å². The standard InChI is InChI=1S/C13H19NO3/c15-13(14-16-6-7-2-1-3-7)10-5-11-8-4-9(8)12(10)17-11/h7-12H,1-6H2,(H,14,15)/t8-,9+,10-,11+,12+/m1/s1. The molecule has 4 fully saturated rings. The lowest BCUT2D eigenvalue weighted by Crippen LogP contribution is -2.38. The molecule has 17 heavy (non-hydrogen) atoms. The lowest BCUT2D eigenvalue weighted by molar-refractivity contribution is -0.141. The summed E-state index contributed by atoms with van der Waals surface area (Å²) in [7, 11) is 0. The van der Waals surface area contributed by atoms with Gasteiger partial charge in [0.15, 0.2) is 0 Å². The minimum atomic E-state index is 0.0437. The van der Waals surface area contributed by atoms with Gasteiger partial charge in [-0.15, -0.1) is 0 Å². The van der Waals surface area contributed by atoms with E-state index < -0.39 is 0 Å². The molecule has 0 aromatic carbocycles. The van der Waals surface area contributed by atoms with Gasteiger partial charge in [0.2, 0.25) is 5.91 Å². The third kappa shape index (κ3) is 1.61. The number of carbonyl (C=O) groups is 1. The van der Waals surface area contributed by atoms with Gasteiger partial charge in [-0.2, -0.15) is 0 Å². The number of ether oxygens (including phenoxy) is 1. The molecule has 2 saturated heterocycles.